The van der Waals surface area contributed by atoms with Gasteiger partial charge in [-0.15, -0.1) is 0 Å². The first-order valence-electron chi connectivity index (χ1n) is 8.12. The van der Waals surface area contributed by atoms with Crippen LogP contribution in [0.1, 0.15) is 45.0 Å². The third kappa shape index (κ3) is 4.26. The predicted molar refractivity (Wildman–Crippen MR) is 92.9 cm³/mol. The van der Waals surface area contributed by atoms with Crippen LogP contribution in [0, 0.1) is 0 Å². The molecule has 1 unspecified atom stereocenters. The molecule has 0 aliphatic carbocycles. The van der Waals surface area contributed by atoms with E-state index >= 15 is 0 Å². The molecule has 3 rings (SSSR count). The molecule has 1 aliphatic heterocycles. The quantitative estimate of drug-likeness (QED) is 0.840. The van der Waals surface area contributed by atoms with Gasteiger partial charge in [0.05, 0.1) is 6.10 Å². The zero-order chi connectivity index (χ0) is 16.3. The Morgan fingerprint density at radius 1 is 1.39 bits per heavy atom. The van der Waals surface area contributed by atoms with Crippen molar-refractivity contribution in [1.29, 1.82) is 0 Å². The van der Waals surface area contributed by atoms with E-state index in [0.717, 1.165) is 43.5 Å². The molecule has 124 valence electrons. The van der Waals surface area contributed by atoms with E-state index < -0.39 is 0 Å². The van der Waals surface area contributed by atoms with E-state index in [0.29, 0.717) is 0 Å². The molecule has 1 aliphatic rings. The minimum absolute atomic E-state index is 0.0292. The fourth-order valence-corrected chi connectivity index (χ4v) is 3.47. The molecule has 0 bridgehead atoms. The van der Waals surface area contributed by atoms with E-state index in [4.69, 9.17) is 9.72 Å². The standard InChI is InChI=1S/C17H24N4OS/c1-17(2,3)15-19-16(23-20-15)21(12-14-7-5-9-22-14)11-13-6-4-8-18-10-13/h4,6,8,10,14H,5,7,9,11-12H2,1-3H3. The van der Waals surface area contributed by atoms with Crippen LogP contribution in [0.5, 0.6) is 0 Å². The van der Waals surface area contributed by atoms with Crippen molar-refractivity contribution in [2.24, 2.45) is 0 Å². The normalized spacial score (nSPS) is 18.3. The van der Waals surface area contributed by atoms with Crippen LogP contribution in [-0.2, 0) is 16.7 Å². The monoisotopic (exact) mass is 332 g/mol. The Morgan fingerprint density at radius 3 is 2.87 bits per heavy atom. The molecule has 6 heteroatoms. The Hall–Kier alpha value is -1.53. The number of anilines is 1. The molecule has 23 heavy (non-hydrogen) atoms. The van der Waals surface area contributed by atoms with Crippen molar-refractivity contribution in [3.63, 3.8) is 0 Å². The van der Waals surface area contributed by atoms with E-state index in [1.54, 1.807) is 6.20 Å². The molecule has 5 nitrogen and oxygen atoms in total. The molecule has 1 saturated heterocycles. The highest BCUT2D eigenvalue weighted by Crippen LogP contribution is 2.27. The minimum atomic E-state index is -0.0292. The van der Waals surface area contributed by atoms with Crippen LogP contribution in [0.3, 0.4) is 0 Å². The van der Waals surface area contributed by atoms with Gasteiger partial charge < -0.3 is 9.64 Å². The highest BCUT2D eigenvalue weighted by molar-refractivity contribution is 7.09. The number of hydrogen-bond donors (Lipinski definition) is 0. The number of pyridine rings is 1. The highest BCUT2D eigenvalue weighted by Gasteiger charge is 2.25. The lowest BCUT2D eigenvalue weighted by atomic mass is 9.96. The smallest absolute Gasteiger partial charge is 0.205 e. The summed E-state index contributed by atoms with van der Waals surface area (Å²) >= 11 is 1.48. The molecule has 1 atom stereocenters. The van der Waals surface area contributed by atoms with E-state index in [-0.39, 0.29) is 11.5 Å². The van der Waals surface area contributed by atoms with Crippen molar-refractivity contribution in [3.05, 3.63) is 35.9 Å². The van der Waals surface area contributed by atoms with Crippen LogP contribution in [-0.4, -0.2) is 33.6 Å². The summed E-state index contributed by atoms with van der Waals surface area (Å²) in [5.74, 6) is 0.904. The number of nitrogens with zero attached hydrogens (tertiary/aromatic N) is 4. The van der Waals surface area contributed by atoms with Gasteiger partial charge in [-0.2, -0.15) is 4.37 Å². The van der Waals surface area contributed by atoms with Crippen LogP contribution in [0.2, 0.25) is 0 Å². The summed E-state index contributed by atoms with van der Waals surface area (Å²) in [5.41, 5.74) is 1.15. The molecule has 2 aromatic heterocycles. The summed E-state index contributed by atoms with van der Waals surface area (Å²) in [4.78, 5) is 11.3. The van der Waals surface area contributed by atoms with E-state index in [9.17, 15) is 0 Å². The molecule has 0 saturated carbocycles. The topological polar surface area (TPSA) is 51.1 Å². The van der Waals surface area contributed by atoms with Crippen molar-refractivity contribution in [2.45, 2.75) is 51.7 Å². The fourth-order valence-electron chi connectivity index (χ4n) is 2.61. The average Bonchev–Trinajstić information content (AvgIpc) is 3.18. The van der Waals surface area contributed by atoms with E-state index in [1.807, 2.05) is 12.3 Å². The maximum absolute atomic E-state index is 5.82. The first-order valence-corrected chi connectivity index (χ1v) is 8.89. The third-order valence-electron chi connectivity index (χ3n) is 3.90. The Morgan fingerprint density at radius 2 is 2.26 bits per heavy atom. The molecular weight excluding hydrogens is 308 g/mol. The number of aromatic nitrogens is 3. The van der Waals surface area contributed by atoms with Gasteiger partial charge in [0, 0.05) is 49.0 Å². The van der Waals surface area contributed by atoms with Gasteiger partial charge in [-0.1, -0.05) is 26.8 Å². The van der Waals surface area contributed by atoms with Crippen LogP contribution in [0.4, 0.5) is 5.13 Å². The second kappa shape index (κ2) is 6.93. The maximum Gasteiger partial charge on any atom is 0.205 e. The molecule has 0 radical (unpaired) electrons. The third-order valence-corrected chi connectivity index (χ3v) is 4.68. The zero-order valence-electron chi connectivity index (χ0n) is 14.0. The second-order valence-electron chi connectivity index (χ2n) is 7.03. The average molecular weight is 332 g/mol. The maximum atomic E-state index is 5.82. The Bertz CT molecular complexity index is 617. The molecule has 3 heterocycles. The molecular formula is C17H24N4OS. The zero-order valence-corrected chi connectivity index (χ0v) is 14.8. The fraction of sp³-hybridized carbons (Fsp3) is 0.588. The molecule has 0 aromatic carbocycles. The van der Waals surface area contributed by atoms with Crippen LogP contribution in [0.25, 0.3) is 0 Å². The van der Waals surface area contributed by atoms with E-state index in [2.05, 4.69) is 41.1 Å². The van der Waals surface area contributed by atoms with Gasteiger partial charge in [-0.3, -0.25) is 4.98 Å². The lowest BCUT2D eigenvalue weighted by Crippen LogP contribution is -2.32. The Kier molecular flexibility index (Phi) is 4.92. The number of ether oxygens (including phenoxy) is 1. The van der Waals surface area contributed by atoms with Crippen molar-refractivity contribution in [2.75, 3.05) is 18.1 Å². The summed E-state index contributed by atoms with van der Waals surface area (Å²) in [7, 11) is 0. The first kappa shape index (κ1) is 16.3. The van der Waals surface area contributed by atoms with Crippen LogP contribution < -0.4 is 4.90 Å². The molecule has 0 amide bonds. The minimum Gasteiger partial charge on any atom is -0.376 e. The highest BCUT2D eigenvalue weighted by atomic mass is 32.1. The van der Waals surface area contributed by atoms with Gasteiger partial charge in [0.2, 0.25) is 5.13 Å². The van der Waals surface area contributed by atoms with Gasteiger partial charge in [-0.25, -0.2) is 4.98 Å². The van der Waals surface area contributed by atoms with Crippen molar-refractivity contribution in [3.8, 4) is 0 Å². The van der Waals surface area contributed by atoms with Gasteiger partial charge >= 0.3 is 0 Å². The summed E-state index contributed by atoms with van der Waals surface area (Å²) in [6.07, 6.45) is 6.27. The molecule has 0 N–H and O–H groups in total. The van der Waals surface area contributed by atoms with Gasteiger partial charge in [0.1, 0.15) is 5.82 Å². The summed E-state index contributed by atoms with van der Waals surface area (Å²) in [5, 5.41) is 0.967. The molecule has 2 aromatic rings. The van der Waals surface area contributed by atoms with Gasteiger partial charge in [0.15, 0.2) is 0 Å². The Labute approximate surface area is 141 Å². The predicted octanol–water partition coefficient (Wildman–Crippen LogP) is 3.42. The van der Waals surface area contributed by atoms with E-state index in [1.165, 1.54) is 17.1 Å². The lowest BCUT2D eigenvalue weighted by molar-refractivity contribution is 0.115. The van der Waals surface area contributed by atoms with Crippen LogP contribution >= 0.6 is 11.5 Å². The summed E-state index contributed by atoms with van der Waals surface area (Å²) < 4.78 is 10.4. The number of rotatable bonds is 5. The van der Waals surface area contributed by atoms with Crippen molar-refractivity contribution in [1.82, 2.24) is 14.3 Å². The first-order chi connectivity index (χ1) is 11.0. The largest absolute Gasteiger partial charge is 0.376 e. The second-order valence-corrected chi connectivity index (χ2v) is 7.76. The number of hydrogen-bond acceptors (Lipinski definition) is 6. The summed E-state index contributed by atoms with van der Waals surface area (Å²) in [6, 6.07) is 4.07. The Balaban J connectivity index is 1.80. The van der Waals surface area contributed by atoms with Gasteiger partial charge in [0.25, 0.3) is 0 Å². The van der Waals surface area contributed by atoms with Crippen molar-refractivity contribution < 1.29 is 4.74 Å². The SMILES string of the molecule is CC(C)(C)c1nsc(N(Cc2cccnc2)CC2CCCO2)n1. The lowest BCUT2D eigenvalue weighted by Gasteiger charge is -2.24. The summed E-state index contributed by atoms with van der Waals surface area (Å²) in [6.45, 7) is 8.94. The van der Waals surface area contributed by atoms with Gasteiger partial charge in [-0.05, 0) is 24.5 Å². The molecule has 1 fully saturated rings. The van der Waals surface area contributed by atoms with Crippen LogP contribution in [0.15, 0.2) is 24.5 Å². The molecule has 0 spiro atoms. The van der Waals surface area contributed by atoms with Crippen molar-refractivity contribution >= 4 is 16.7 Å².